The first-order chi connectivity index (χ1) is 11.5. The first-order valence-electron chi connectivity index (χ1n) is 8.21. The van der Waals surface area contributed by atoms with Crippen molar-refractivity contribution < 1.29 is 4.79 Å². The summed E-state index contributed by atoms with van der Waals surface area (Å²) < 4.78 is 0. The molecule has 1 aliphatic rings. The Kier molecular flexibility index (Phi) is 4.76. The normalized spacial score (nSPS) is 14.8. The molecule has 5 nitrogen and oxygen atoms in total. The highest BCUT2D eigenvalue weighted by Crippen LogP contribution is 2.23. The molecule has 0 atom stereocenters. The lowest BCUT2D eigenvalue weighted by molar-refractivity contribution is 0.0750. The van der Waals surface area contributed by atoms with E-state index in [-0.39, 0.29) is 5.91 Å². The quantitative estimate of drug-likeness (QED) is 0.858. The molecule has 1 aromatic carbocycles. The van der Waals surface area contributed by atoms with Gasteiger partial charge in [0, 0.05) is 51.6 Å². The Balaban J connectivity index is 1.63. The number of carbonyl (C=O) groups is 1. The van der Waals surface area contributed by atoms with Crippen molar-refractivity contribution in [3.63, 3.8) is 0 Å². The molecule has 3 rings (SSSR count). The maximum atomic E-state index is 12.7. The van der Waals surface area contributed by atoms with E-state index in [2.05, 4.69) is 39.0 Å². The van der Waals surface area contributed by atoms with Crippen molar-refractivity contribution in [3.05, 3.63) is 39.8 Å². The van der Waals surface area contributed by atoms with E-state index in [1.54, 1.807) is 0 Å². The number of hydrogen-bond donors (Lipinski definition) is 0. The second-order valence-electron chi connectivity index (χ2n) is 6.34. The third kappa shape index (κ3) is 3.38. The molecule has 0 unspecified atom stereocenters. The molecule has 2 heterocycles. The fourth-order valence-electron chi connectivity index (χ4n) is 3.00. The smallest absolute Gasteiger partial charge is 0.265 e. The number of piperazine rings is 1. The van der Waals surface area contributed by atoms with Crippen LogP contribution in [0.15, 0.2) is 24.3 Å². The zero-order chi connectivity index (χ0) is 17.3. The van der Waals surface area contributed by atoms with E-state index in [0.29, 0.717) is 0 Å². The number of hydrogen-bond acceptors (Lipinski definition) is 5. The van der Waals surface area contributed by atoms with Crippen molar-refractivity contribution in [2.45, 2.75) is 13.8 Å². The van der Waals surface area contributed by atoms with Crippen molar-refractivity contribution >= 4 is 28.6 Å². The van der Waals surface area contributed by atoms with Gasteiger partial charge in [-0.05, 0) is 38.1 Å². The van der Waals surface area contributed by atoms with E-state index in [4.69, 9.17) is 0 Å². The van der Waals surface area contributed by atoms with E-state index < -0.39 is 0 Å². The van der Waals surface area contributed by atoms with Gasteiger partial charge in [0.05, 0.1) is 10.7 Å². The molecule has 128 valence electrons. The molecule has 6 heteroatoms. The zero-order valence-corrected chi connectivity index (χ0v) is 15.6. The Morgan fingerprint density at radius 1 is 1.08 bits per heavy atom. The minimum Gasteiger partial charge on any atom is -0.378 e. The molecule has 2 aromatic rings. The molecule has 0 N–H and O–H groups in total. The number of thiazole rings is 1. The Morgan fingerprint density at radius 2 is 1.71 bits per heavy atom. The van der Waals surface area contributed by atoms with Crippen molar-refractivity contribution in [2.75, 3.05) is 50.1 Å². The minimum absolute atomic E-state index is 0.126. The predicted octanol–water partition coefficient (Wildman–Crippen LogP) is 2.79. The van der Waals surface area contributed by atoms with Gasteiger partial charge in [-0.15, -0.1) is 11.3 Å². The molecular formula is C18H24N4OS. The number of benzene rings is 1. The van der Waals surface area contributed by atoms with E-state index in [1.165, 1.54) is 22.7 Å². The summed E-state index contributed by atoms with van der Waals surface area (Å²) in [6.07, 6.45) is 0. The maximum Gasteiger partial charge on any atom is 0.265 e. The lowest BCUT2D eigenvalue weighted by Crippen LogP contribution is -2.48. The summed E-state index contributed by atoms with van der Waals surface area (Å²) in [5.41, 5.74) is 3.27. The van der Waals surface area contributed by atoms with Gasteiger partial charge < -0.3 is 14.7 Å². The van der Waals surface area contributed by atoms with Crippen LogP contribution in [0.1, 0.15) is 20.4 Å². The zero-order valence-electron chi connectivity index (χ0n) is 14.7. The first kappa shape index (κ1) is 16.8. The highest BCUT2D eigenvalue weighted by atomic mass is 32.1. The number of rotatable bonds is 3. The van der Waals surface area contributed by atoms with Gasteiger partial charge in [-0.3, -0.25) is 4.79 Å². The van der Waals surface area contributed by atoms with Gasteiger partial charge in [0.25, 0.3) is 5.91 Å². The molecule has 24 heavy (non-hydrogen) atoms. The highest BCUT2D eigenvalue weighted by molar-refractivity contribution is 7.13. The van der Waals surface area contributed by atoms with Crippen LogP contribution < -0.4 is 9.80 Å². The summed E-state index contributed by atoms with van der Waals surface area (Å²) in [5, 5.41) is 0.954. The number of anilines is 2. The second kappa shape index (κ2) is 6.81. The lowest BCUT2D eigenvalue weighted by Gasteiger charge is -2.36. The van der Waals surface area contributed by atoms with Crippen molar-refractivity contribution in [2.24, 2.45) is 0 Å². The average Bonchev–Trinajstić information content (AvgIpc) is 2.93. The van der Waals surface area contributed by atoms with Crippen LogP contribution in [-0.2, 0) is 0 Å². The number of aryl methyl sites for hydroxylation is 2. The number of aromatic nitrogens is 1. The SMILES string of the molecule is Cc1nc(C)c(C(=O)N2CCN(c3ccc(N(C)C)cc3)CC2)s1. The molecule has 1 saturated heterocycles. The van der Waals surface area contributed by atoms with Gasteiger partial charge in [0.1, 0.15) is 4.88 Å². The summed E-state index contributed by atoms with van der Waals surface area (Å²) in [7, 11) is 4.09. The molecular weight excluding hydrogens is 320 g/mol. The van der Waals surface area contributed by atoms with Gasteiger partial charge in [-0.2, -0.15) is 0 Å². The van der Waals surface area contributed by atoms with Crippen LogP contribution in [0.4, 0.5) is 11.4 Å². The third-order valence-corrected chi connectivity index (χ3v) is 5.46. The van der Waals surface area contributed by atoms with Gasteiger partial charge in [-0.25, -0.2) is 4.98 Å². The van der Waals surface area contributed by atoms with Crippen LogP contribution in [0.3, 0.4) is 0 Å². The Labute approximate surface area is 147 Å². The van der Waals surface area contributed by atoms with Gasteiger partial charge in [-0.1, -0.05) is 0 Å². The molecule has 1 amide bonds. The first-order valence-corrected chi connectivity index (χ1v) is 9.03. The van der Waals surface area contributed by atoms with Crippen LogP contribution in [0, 0.1) is 13.8 Å². The summed E-state index contributed by atoms with van der Waals surface area (Å²) in [5.74, 6) is 0.126. The summed E-state index contributed by atoms with van der Waals surface area (Å²) >= 11 is 1.50. The maximum absolute atomic E-state index is 12.7. The van der Waals surface area contributed by atoms with E-state index in [1.807, 2.05) is 32.8 Å². The van der Waals surface area contributed by atoms with E-state index in [0.717, 1.165) is 41.8 Å². The number of carbonyl (C=O) groups excluding carboxylic acids is 1. The standard InChI is InChI=1S/C18H24N4OS/c1-13-17(24-14(2)19-13)18(23)22-11-9-21(10-12-22)16-7-5-15(6-8-16)20(3)4/h5-8H,9-12H2,1-4H3. The molecule has 1 aromatic heterocycles. The fourth-order valence-corrected chi connectivity index (χ4v) is 3.89. The summed E-state index contributed by atoms with van der Waals surface area (Å²) in [4.78, 5) is 24.2. The Hall–Kier alpha value is -2.08. The van der Waals surface area contributed by atoms with Crippen LogP contribution in [0.25, 0.3) is 0 Å². The molecule has 0 radical (unpaired) electrons. The minimum atomic E-state index is 0.126. The number of nitrogens with zero attached hydrogens (tertiary/aromatic N) is 4. The van der Waals surface area contributed by atoms with Crippen LogP contribution >= 0.6 is 11.3 Å². The molecule has 0 spiro atoms. The summed E-state index contributed by atoms with van der Waals surface area (Å²) in [6.45, 7) is 7.10. The highest BCUT2D eigenvalue weighted by Gasteiger charge is 2.25. The number of amides is 1. The summed E-state index contributed by atoms with van der Waals surface area (Å²) in [6, 6.07) is 8.58. The van der Waals surface area contributed by atoms with Crippen LogP contribution in [0.2, 0.25) is 0 Å². The van der Waals surface area contributed by atoms with E-state index >= 15 is 0 Å². The van der Waals surface area contributed by atoms with Crippen molar-refractivity contribution in [3.8, 4) is 0 Å². The average molecular weight is 344 g/mol. The largest absolute Gasteiger partial charge is 0.378 e. The van der Waals surface area contributed by atoms with Gasteiger partial charge in [0.15, 0.2) is 0 Å². The lowest BCUT2D eigenvalue weighted by atomic mass is 10.2. The van der Waals surface area contributed by atoms with Gasteiger partial charge in [0.2, 0.25) is 0 Å². The Bertz CT molecular complexity index is 715. The van der Waals surface area contributed by atoms with Crippen molar-refractivity contribution in [1.82, 2.24) is 9.88 Å². The molecule has 0 bridgehead atoms. The monoisotopic (exact) mass is 344 g/mol. The van der Waals surface area contributed by atoms with Gasteiger partial charge >= 0.3 is 0 Å². The third-order valence-electron chi connectivity index (χ3n) is 4.40. The molecule has 0 aliphatic carbocycles. The topological polar surface area (TPSA) is 39.7 Å². The van der Waals surface area contributed by atoms with Crippen LogP contribution in [0.5, 0.6) is 0 Å². The molecule has 1 fully saturated rings. The van der Waals surface area contributed by atoms with E-state index in [9.17, 15) is 4.79 Å². The Morgan fingerprint density at radius 3 is 2.21 bits per heavy atom. The second-order valence-corrected chi connectivity index (χ2v) is 7.54. The van der Waals surface area contributed by atoms with Crippen LogP contribution in [-0.4, -0.2) is 56.1 Å². The van der Waals surface area contributed by atoms with Crippen molar-refractivity contribution in [1.29, 1.82) is 0 Å². The molecule has 0 saturated carbocycles. The predicted molar refractivity (Wildman–Crippen MR) is 100 cm³/mol. The molecule has 1 aliphatic heterocycles. The fraction of sp³-hybridized carbons (Fsp3) is 0.444.